The molecule has 0 unspecified atom stereocenters. The predicted molar refractivity (Wildman–Crippen MR) is 109 cm³/mol. The third-order valence-electron chi connectivity index (χ3n) is 3.90. The molecule has 0 aromatic heterocycles. The first-order chi connectivity index (χ1) is 13.4. The molecule has 0 aliphatic carbocycles. The molecule has 4 nitrogen and oxygen atoms in total. The van der Waals surface area contributed by atoms with Crippen LogP contribution in [0.4, 0.5) is 0 Å². The second-order valence-corrected chi connectivity index (χ2v) is 6.61. The molecule has 0 heterocycles. The van der Waals surface area contributed by atoms with Crippen molar-refractivity contribution in [3.63, 3.8) is 0 Å². The number of hydrogen-bond donors (Lipinski definition) is 0. The number of carbonyl (C=O) groups excluding carboxylic acids is 1. The number of aryl methyl sites for hydroxylation is 2. The van der Waals surface area contributed by atoms with Crippen LogP contribution in [0, 0.1) is 13.8 Å². The molecule has 0 amide bonds. The van der Waals surface area contributed by atoms with E-state index in [1.807, 2.05) is 62.4 Å². The first-order valence-electron chi connectivity index (χ1n) is 8.69. The molecule has 0 N–H and O–H groups in total. The van der Waals surface area contributed by atoms with Gasteiger partial charge in [-0.25, -0.2) is 0 Å². The molecule has 0 atom stereocenters. The van der Waals surface area contributed by atoms with Crippen LogP contribution >= 0.6 is 11.6 Å². The van der Waals surface area contributed by atoms with Crippen LogP contribution in [0.3, 0.4) is 0 Å². The molecule has 0 radical (unpaired) electrons. The largest absolute Gasteiger partial charge is 1.00 e. The summed E-state index contributed by atoms with van der Waals surface area (Å²) >= 11 is 6.07. The Labute approximate surface area is 198 Å². The molecular formula is C23H22ClNaO4. The number of rotatable bonds is 5. The summed E-state index contributed by atoms with van der Waals surface area (Å²) in [5.74, 6) is -0.146. The van der Waals surface area contributed by atoms with E-state index in [0.29, 0.717) is 17.4 Å². The predicted octanol–water partition coefficient (Wildman–Crippen LogP) is 1.60. The van der Waals surface area contributed by atoms with Gasteiger partial charge in [0.1, 0.15) is 18.1 Å². The van der Waals surface area contributed by atoms with Crippen molar-refractivity contribution in [3.8, 4) is 11.5 Å². The van der Waals surface area contributed by atoms with Crippen molar-refractivity contribution < 1.29 is 48.9 Å². The molecule has 29 heavy (non-hydrogen) atoms. The summed E-state index contributed by atoms with van der Waals surface area (Å²) in [6.45, 7) is 4.36. The molecule has 3 rings (SSSR count). The molecule has 0 bridgehead atoms. The van der Waals surface area contributed by atoms with Gasteiger partial charge < -0.3 is 19.4 Å². The number of carboxylic acid groups (broad SMARTS) is 1. The molecule has 0 fully saturated rings. The molecule has 0 aliphatic heterocycles. The van der Waals surface area contributed by atoms with Crippen LogP contribution in [0.2, 0.25) is 5.02 Å². The van der Waals surface area contributed by atoms with Gasteiger partial charge in [0.25, 0.3) is 0 Å². The summed E-state index contributed by atoms with van der Waals surface area (Å²) in [6, 6.07) is 20.8. The Bertz CT molecular complexity index is 929. The van der Waals surface area contributed by atoms with Crippen molar-refractivity contribution >= 4 is 17.6 Å². The average Bonchev–Trinajstić information content (AvgIpc) is 2.68. The smallest absolute Gasteiger partial charge is 0.545 e. The Morgan fingerprint density at radius 1 is 0.931 bits per heavy atom. The van der Waals surface area contributed by atoms with Crippen molar-refractivity contribution in [1.82, 2.24) is 0 Å². The van der Waals surface area contributed by atoms with Gasteiger partial charge in [0.05, 0.1) is 18.1 Å². The fourth-order valence-corrected chi connectivity index (χ4v) is 2.73. The minimum absolute atomic E-state index is 0. The van der Waals surface area contributed by atoms with E-state index >= 15 is 0 Å². The van der Waals surface area contributed by atoms with Crippen molar-refractivity contribution in [3.05, 3.63) is 94.0 Å². The van der Waals surface area contributed by atoms with Crippen LogP contribution in [0.15, 0.2) is 66.7 Å². The van der Waals surface area contributed by atoms with E-state index in [1.54, 1.807) is 12.1 Å². The van der Waals surface area contributed by atoms with Crippen LogP contribution in [-0.2, 0) is 6.61 Å². The standard InChI is InChI=1S/C14H13ClO.C9H10O3.Na/c1-11-7-8-14(13(15)9-11)16-10-12-5-3-2-4-6-12;1-6-3-4-8(12-2)7(5-6)9(10)11;/h2-9H,10H2,1H3;3-5H,1-2H3,(H,10,11);/q;;+1/p-1. The Morgan fingerprint density at radius 3 is 2.07 bits per heavy atom. The number of ether oxygens (including phenoxy) is 2. The number of methoxy groups -OCH3 is 1. The Kier molecular flexibility index (Phi) is 10.8. The first kappa shape index (κ1) is 25.1. The fraction of sp³-hybridized carbons (Fsp3) is 0.174. The van der Waals surface area contributed by atoms with Crippen LogP contribution in [-0.4, -0.2) is 13.1 Å². The molecular weight excluding hydrogens is 399 g/mol. The Hall–Kier alpha value is -1.98. The SMILES string of the molecule is COc1ccc(C)cc1C(=O)[O-].Cc1ccc(OCc2ccccc2)c(Cl)c1.[Na+]. The third kappa shape index (κ3) is 8.11. The molecule has 3 aromatic carbocycles. The van der Waals surface area contributed by atoms with Crippen LogP contribution in [0.1, 0.15) is 27.0 Å². The Morgan fingerprint density at radius 2 is 1.52 bits per heavy atom. The summed E-state index contributed by atoms with van der Waals surface area (Å²) in [6.07, 6.45) is 0. The van der Waals surface area contributed by atoms with E-state index in [1.165, 1.54) is 13.2 Å². The van der Waals surface area contributed by atoms with Gasteiger partial charge in [-0.05, 0) is 49.2 Å². The van der Waals surface area contributed by atoms with Gasteiger partial charge in [-0.3, -0.25) is 0 Å². The molecule has 3 aromatic rings. The number of benzene rings is 3. The maximum absolute atomic E-state index is 10.5. The summed E-state index contributed by atoms with van der Waals surface area (Å²) in [5.41, 5.74) is 3.24. The molecule has 0 saturated carbocycles. The molecule has 0 saturated heterocycles. The Balaban J connectivity index is 0.000000292. The number of carboxylic acids is 1. The third-order valence-corrected chi connectivity index (χ3v) is 4.19. The normalized spacial score (nSPS) is 9.52. The van der Waals surface area contributed by atoms with Gasteiger partial charge >= 0.3 is 29.6 Å². The summed E-state index contributed by atoms with van der Waals surface area (Å²) < 4.78 is 10.5. The van der Waals surface area contributed by atoms with Gasteiger partial charge in [0.15, 0.2) is 0 Å². The number of aromatic carboxylic acids is 1. The van der Waals surface area contributed by atoms with Crippen LogP contribution < -0.4 is 44.1 Å². The van der Waals surface area contributed by atoms with Crippen molar-refractivity contribution in [2.45, 2.75) is 20.5 Å². The maximum atomic E-state index is 10.5. The molecule has 146 valence electrons. The topological polar surface area (TPSA) is 58.6 Å². The average molecular weight is 421 g/mol. The monoisotopic (exact) mass is 420 g/mol. The van der Waals surface area contributed by atoms with E-state index in [0.717, 1.165) is 22.4 Å². The second-order valence-electron chi connectivity index (χ2n) is 6.20. The second kappa shape index (κ2) is 12.6. The molecule has 6 heteroatoms. The van der Waals surface area contributed by atoms with Gasteiger partial charge in [-0.15, -0.1) is 0 Å². The summed E-state index contributed by atoms with van der Waals surface area (Å²) in [7, 11) is 1.43. The molecule has 0 aliphatic rings. The maximum Gasteiger partial charge on any atom is 1.00 e. The van der Waals surface area contributed by atoms with E-state index in [2.05, 4.69) is 0 Å². The van der Waals surface area contributed by atoms with Crippen LogP contribution in [0.25, 0.3) is 0 Å². The van der Waals surface area contributed by atoms with E-state index in [4.69, 9.17) is 21.1 Å². The van der Waals surface area contributed by atoms with Crippen LogP contribution in [0.5, 0.6) is 11.5 Å². The minimum atomic E-state index is -1.21. The number of hydrogen-bond acceptors (Lipinski definition) is 4. The van der Waals surface area contributed by atoms with E-state index < -0.39 is 5.97 Å². The quantitative estimate of drug-likeness (QED) is 0.588. The van der Waals surface area contributed by atoms with E-state index in [9.17, 15) is 9.90 Å². The number of halogens is 1. The zero-order valence-corrected chi connectivity index (χ0v) is 19.8. The fourth-order valence-electron chi connectivity index (χ4n) is 2.44. The zero-order valence-electron chi connectivity index (χ0n) is 17.1. The summed E-state index contributed by atoms with van der Waals surface area (Å²) in [5, 5.41) is 11.2. The number of carbonyl (C=O) groups is 1. The van der Waals surface area contributed by atoms with Gasteiger partial charge in [0.2, 0.25) is 0 Å². The zero-order chi connectivity index (χ0) is 20.5. The van der Waals surface area contributed by atoms with Gasteiger partial charge in [0, 0.05) is 5.56 Å². The van der Waals surface area contributed by atoms with Gasteiger partial charge in [-0.1, -0.05) is 59.6 Å². The minimum Gasteiger partial charge on any atom is -0.545 e. The van der Waals surface area contributed by atoms with Gasteiger partial charge in [-0.2, -0.15) is 0 Å². The summed E-state index contributed by atoms with van der Waals surface area (Å²) in [4.78, 5) is 10.5. The van der Waals surface area contributed by atoms with Crippen molar-refractivity contribution in [2.75, 3.05) is 7.11 Å². The van der Waals surface area contributed by atoms with Crippen molar-refractivity contribution in [2.24, 2.45) is 0 Å². The molecule has 0 spiro atoms. The van der Waals surface area contributed by atoms with Crippen molar-refractivity contribution in [1.29, 1.82) is 0 Å². The first-order valence-corrected chi connectivity index (χ1v) is 9.07. The van der Waals surface area contributed by atoms with E-state index in [-0.39, 0.29) is 35.1 Å².